The Morgan fingerprint density at radius 3 is 2.72 bits per heavy atom. The van der Waals surface area contributed by atoms with Crippen molar-refractivity contribution in [3.05, 3.63) is 72.1 Å². The minimum Gasteiger partial charge on any atom is -0.321 e. The molecule has 0 radical (unpaired) electrons. The molecule has 0 spiro atoms. The number of imidazole rings is 1. The molecule has 0 aromatic carbocycles. The number of carbonyl (C=O) groups is 1. The number of aromatic nitrogens is 5. The number of carbonyl (C=O) groups excluding carboxylic acids is 1. The van der Waals surface area contributed by atoms with E-state index in [1.54, 1.807) is 29.2 Å². The van der Waals surface area contributed by atoms with Gasteiger partial charge in [-0.25, -0.2) is 14.6 Å². The number of hydrogen-bond donors (Lipinski definition) is 1. The SMILES string of the molecule is Cc1cc(C)n(-c2ccc(C(=O)Nc3ccc4nccn4c3)cn2)n1. The molecule has 124 valence electrons. The Morgan fingerprint density at radius 2 is 2.00 bits per heavy atom. The maximum atomic E-state index is 12.4. The quantitative estimate of drug-likeness (QED) is 0.626. The highest BCUT2D eigenvalue weighted by Crippen LogP contribution is 2.13. The Kier molecular flexibility index (Phi) is 3.53. The van der Waals surface area contributed by atoms with Crippen LogP contribution in [0.1, 0.15) is 21.7 Å². The molecule has 7 heteroatoms. The summed E-state index contributed by atoms with van der Waals surface area (Å²) in [6, 6.07) is 9.17. The molecule has 0 saturated carbocycles. The zero-order valence-corrected chi connectivity index (χ0v) is 13.8. The number of pyridine rings is 2. The Morgan fingerprint density at radius 1 is 1.12 bits per heavy atom. The van der Waals surface area contributed by atoms with Crippen LogP contribution in [-0.2, 0) is 0 Å². The molecule has 1 N–H and O–H groups in total. The molecule has 7 nitrogen and oxygen atoms in total. The Bertz CT molecular complexity index is 1060. The van der Waals surface area contributed by atoms with Crippen LogP contribution in [-0.4, -0.2) is 30.1 Å². The first-order chi connectivity index (χ1) is 12.1. The van der Waals surface area contributed by atoms with Crippen LogP contribution >= 0.6 is 0 Å². The van der Waals surface area contributed by atoms with Crippen LogP contribution in [0.5, 0.6) is 0 Å². The number of fused-ring (bicyclic) bond motifs is 1. The lowest BCUT2D eigenvalue weighted by Gasteiger charge is -2.07. The van der Waals surface area contributed by atoms with Crippen molar-refractivity contribution in [1.82, 2.24) is 24.1 Å². The van der Waals surface area contributed by atoms with Gasteiger partial charge < -0.3 is 9.72 Å². The van der Waals surface area contributed by atoms with Gasteiger partial charge in [-0.05, 0) is 44.2 Å². The van der Waals surface area contributed by atoms with Crippen LogP contribution in [0.4, 0.5) is 5.69 Å². The number of nitrogens with zero attached hydrogens (tertiary/aromatic N) is 5. The molecule has 0 aliphatic heterocycles. The van der Waals surface area contributed by atoms with Crippen molar-refractivity contribution in [2.45, 2.75) is 13.8 Å². The second-order valence-corrected chi connectivity index (χ2v) is 5.81. The van der Waals surface area contributed by atoms with Gasteiger partial charge in [0.2, 0.25) is 0 Å². The van der Waals surface area contributed by atoms with E-state index in [9.17, 15) is 4.79 Å². The van der Waals surface area contributed by atoms with Crippen LogP contribution in [0, 0.1) is 13.8 Å². The molecule has 0 saturated heterocycles. The molecule has 4 aromatic rings. The van der Waals surface area contributed by atoms with Gasteiger partial charge in [0, 0.05) is 30.5 Å². The highest BCUT2D eigenvalue weighted by molar-refractivity contribution is 6.04. The number of amides is 1. The molecule has 0 bridgehead atoms. The van der Waals surface area contributed by atoms with E-state index < -0.39 is 0 Å². The van der Waals surface area contributed by atoms with Gasteiger partial charge in [0.15, 0.2) is 5.82 Å². The second kappa shape index (κ2) is 5.86. The predicted molar refractivity (Wildman–Crippen MR) is 94.0 cm³/mol. The van der Waals surface area contributed by atoms with E-state index in [4.69, 9.17) is 0 Å². The standard InChI is InChI=1S/C18H16N6O/c1-12-9-13(2)24(22-12)17-5-3-14(10-20-17)18(25)21-15-4-6-16-19-7-8-23(16)11-15/h3-11H,1-2H3,(H,21,25). The van der Waals surface area contributed by atoms with Crippen molar-refractivity contribution in [1.29, 1.82) is 0 Å². The van der Waals surface area contributed by atoms with Gasteiger partial charge in [0.1, 0.15) is 5.65 Å². The third-order valence-electron chi connectivity index (χ3n) is 3.88. The van der Waals surface area contributed by atoms with Crippen LogP contribution in [0.2, 0.25) is 0 Å². The Balaban J connectivity index is 1.55. The Labute approximate surface area is 144 Å². The molecular weight excluding hydrogens is 316 g/mol. The fourth-order valence-corrected chi connectivity index (χ4v) is 2.70. The summed E-state index contributed by atoms with van der Waals surface area (Å²) in [5.41, 5.74) is 3.93. The molecular formula is C18H16N6O. The normalized spacial score (nSPS) is 11.0. The van der Waals surface area contributed by atoms with E-state index in [1.807, 2.05) is 48.8 Å². The van der Waals surface area contributed by atoms with Gasteiger partial charge in [-0.15, -0.1) is 0 Å². The summed E-state index contributed by atoms with van der Waals surface area (Å²) in [6.07, 6.45) is 6.91. The van der Waals surface area contributed by atoms with Gasteiger partial charge in [-0.1, -0.05) is 0 Å². The van der Waals surface area contributed by atoms with Crippen LogP contribution in [0.15, 0.2) is 55.1 Å². The lowest BCUT2D eigenvalue weighted by Crippen LogP contribution is -2.13. The zero-order valence-electron chi connectivity index (χ0n) is 13.8. The molecule has 0 atom stereocenters. The van der Waals surface area contributed by atoms with Gasteiger partial charge in [-0.3, -0.25) is 4.79 Å². The number of anilines is 1. The van der Waals surface area contributed by atoms with Crippen molar-refractivity contribution in [2.75, 3.05) is 5.32 Å². The highest BCUT2D eigenvalue weighted by Gasteiger charge is 2.10. The van der Waals surface area contributed by atoms with Gasteiger partial charge in [-0.2, -0.15) is 5.10 Å². The molecule has 0 fully saturated rings. The minimum absolute atomic E-state index is 0.216. The summed E-state index contributed by atoms with van der Waals surface area (Å²) >= 11 is 0. The monoisotopic (exact) mass is 332 g/mol. The molecule has 4 aromatic heterocycles. The highest BCUT2D eigenvalue weighted by atomic mass is 16.1. The maximum absolute atomic E-state index is 12.4. The van der Waals surface area contributed by atoms with Crippen LogP contribution in [0.3, 0.4) is 0 Å². The van der Waals surface area contributed by atoms with Crippen molar-refractivity contribution in [3.8, 4) is 5.82 Å². The average molecular weight is 332 g/mol. The van der Waals surface area contributed by atoms with E-state index in [-0.39, 0.29) is 5.91 Å². The van der Waals surface area contributed by atoms with Crippen molar-refractivity contribution >= 4 is 17.2 Å². The first kappa shape index (κ1) is 15.1. The number of hydrogen-bond acceptors (Lipinski definition) is 4. The van der Waals surface area contributed by atoms with E-state index in [1.165, 1.54) is 0 Å². The summed E-state index contributed by atoms with van der Waals surface area (Å²) in [4.78, 5) is 20.9. The molecule has 4 heterocycles. The number of nitrogens with one attached hydrogen (secondary N) is 1. The lowest BCUT2D eigenvalue weighted by molar-refractivity contribution is 0.102. The summed E-state index contributed by atoms with van der Waals surface area (Å²) in [5, 5.41) is 7.26. The van der Waals surface area contributed by atoms with Crippen molar-refractivity contribution < 1.29 is 4.79 Å². The third-order valence-corrected chi connectivity index (χ3v) is 3.88. The summed E-state index contributed by atoms with van der Waals surface area (Å²) < 4.78 is 3.60. The first-order valence-corrected chi connectivity index (χ1v) is 7.84. The largest absolute Gasteiger partial charge is 0.321 e. The summed E-state index contributed by atoms with van der Waals surface area (Å²) in [6.45, 7) is 3.90. The lowest BCUT2D eigenvalue weighted by atomic mass is 10.2. The van der Waals surface area contributed by atoms with E-state index in [0.29, 0.717) is 17.1 Å². The molecule has 0 aliphatic carbocycles. The minimum atomic E-state index is -0.216. The molecule has 25 heavy (non-hydrogen) atoms. The van der Waals surface area contributed by atoms with Gasteiger partial charge in [0.25, 0.3) is 5.91 Å². The molecule has 0 aliphatic rings. The Hall–Kier alpha value is -3.48. The topological polar surface area (TPSA) is 77.1 Å². The first-order valence-electron chi connectivity index (χ1n) is 7.84. The molecule has 0 unspecified atom stereocenters. The fourth-order valence-electron chi connectivity index (χ4n) is 2.70. The van der Waals surface area contributed by atoms with E-state index in [0.717, 1.165) is 17.0 Å². The smallest absolute Gasteiger partial charge is 0.257 e. The van der Waals surface area contributed by atoms with E-state index >= 15 is 0 Å². The molecule has 1 amide bonds. The van der Waals surface area contributed by atoms with Crippen LogP contribution in [0.25, 0.3) is 11.5 Å². The van der Waals surface area contributed by atoms with Crippen LogP contribution < -0.4 is 5.32 Å². The van der Waals surface area contributed by atoms with Crippen molar-refractivity contribution in [2.24, 2.45) is 0 Å². The van der Waals surface area contributed by atoms with Crippen molar-refractivity contribution in [3.63, 3.8) is 0 Å². The molecule has 4 rings (SSSR count). The third kappa shape index (κ3) is 2.87. The number of aryl methyl sites for hydroxylation is 2. The average Bonchev–Trinajstić information content (AvgIpc) is 3.20. The van der Waals surface area contributed by atoms with Gasteiger partial charge >= 0.3 is 0 Å². The fraction of sp³-hybridized carbons (Fsp3) is 0.111. The predicted octanol–water partition coefficient (Wildman–Crippen LogP) is 2.78. The second-order valence-electron chi connectivity index (χ2n) is 5.81. The number of rotatable bonds is 3. The summed E-state index contributed by atoms with van der Waals surface area (Å²) in [5.74, 6) is 0.467. The van der Waals surface area contributed by atoms with Gasteiger partial charge in [0.05, 0.1) is 16.9 Å². The summed E-state index contributed by atoms with van der Waals surface area (Å²) in [7, 11) is 0. The van der Waals surface area contributed by atoms with E-state index in [2.05, 4.69) is 20.4 Å². The zero-order chi connectivity index (χ0) is 17.4. The maximum Gasteiger partial charge on any atom is 0.257 e.